The average molecular weight is 478 g/mol. The number of unbranched alkanes of at least 4 members (excludes halogenated alkanes) is 14. The van der Waals surface area contributed by atoms with Crippen LogP contribution in [0.15, 0.2) is 60.7 Å². The van der Waals surface area contributed by atoms with Crippen LogP contribution in [0.2, 0.25) is 0 Å². The molecule has 0 heterocycles. The fourth-order valence-corrected chi connectivity index (χ4v) is 5.34. The molecule has 0 amide bonds. The summed E-state index contributed by atoms with van der Waals surface area (Å²) in [7, 11) is 0. The molecule has 2 aromatic rings. The minimum Gasteiger partial charge on any atom is -0.330 e. The number of rotatable bonds is 23. The second kappa shape index (κ2) is 21.7. The SMILES string of the molecule is NCCCCCCCCCCCCCCCCCC(CCc1ccccc1)CCc1ccccc1. The Morgan fingerprint density at radius 3 is 1.11 bits per heavy atom. The Hall–Kier alpha value is -1.60. The van der Waals surface area contributed by atoms with E-state index >= 15 is 0 Å². The fraction of sp³-hybridized carbons (Fsp3) is 0.647. The van der Waals surface area contributed by atoms with Crippen molar-refractivity contribution in [2.75, 3.05) is 6.54 Å². The van der Waals surface area contributed by atoms with Crippen LogP contribution < -0.4 is 5.73 Å². The number of benzene rings is 2. The Morgan fingerprint density at radius 2 is 0.743 bits per heavy atom. The summed E-state index contributed by atoms with van der Waals surface area (Å²) >= 11 is 0. The molecular weight excluding hydrogens is 422 g/mol. The van der Waals surface area contributed by atoms with Crippen molar-refractivity contribution in [1.29, 1.82) is 0 Å². The molecule has 0 spiro atoms. The average Bonchev–Trinajstić information content (AvgIpc) is 2.90. The van der Waals surface area contributed by atoms with Gasteiger partial charge in [-0.25, -0.2) is 0 Å². The lowest BCUT2D eigenvalue weighted by Crippen LogP contribution is -2.05. The molecule has 0 aromatic heterocycles. The van der Waals surface area contributed by atoms with Crippen LogP contribution in [0, 0.1) is 5.92 Å². The van der Waals surface area contributed by atoms with Crippen LogP contribution in [-0.4, -0.2) is 6.54 Å². The van der Waals surface area contributed by atoms with E-state index in [0.717, 1.165) is 12.5 Å². The van der Waals surface area contributed by atoms with Crippen molar-refractivity contribution < 1.29 is 0 Å². The summed E-state index contributed by atoms with van der Waals surface area (Å²) in [6.45, 7) is 0.865. The van der Waals surface area contributed by atoms with Gasteiger partial charge in [-0.2, -0.15) is 0 Å². The second-order valence-electron chi connectivity index (χ2n) is 10.8. The van der Waals surface area contributed by atoms with Crippen molar-refractivity contribution in [1.82, 2.24) is 0 Å². The molecule has 35 heavy (non-hydrogen) atoms. The minimum absolute atomic E-state index is 0.857. The normalized spacial score (nSPS) is 11.4. The zero-order valence-electron chi connectivity index (χ0n) is 22.8. The molecule has 0 saturated heterocycles. The maximum absolute atomic E-state index is 5.55. The molecule has 0 atom stereocenters. The Morgan fingerprint density at radius 1 is 0.400 bits per heavy atom. The molecule has 0 unspecified atom stereocenters. The van der Waals surface area contributed by atoms with E-state index in [9.17, 15) is 0 Å². The van der Waals surface area contributed by atoms with E-state index in [1.54, 1.807) is 0 Å². The van der Waals surface area contributed by atoms with E-state index in [0.29, 0.717) is 0 Å². The van der Waals surface area contributed by atoms with Gasteiger partial charge in [0.2, 0.25) is 0 Å². The molecule has 1 nitrogen and oxygen atoms in total. The highest BCUT2D eigenvalue weighted by molar-refractivity contribution is 5.16. The molecule has 1 heteroatoms. The molecule has 0 aliphatic heterocycles. The zero-order valence-corrected chi connectivity index (χ0v) is 22.8. The number of nitrogens with two attached hydrogens (primary N) is 1. The highest BCUT2D eigenvalue weighted by Crippen LogP contribution is 2.23. The Labute approximate surface area is 218 Å². The summed E-state index contributed by atoms with van der Waals surface area (Å²) in [6.07, 6.45) is 27.7. The van der Waals surface area contributed by atoms with Gasteiger partial charge in [-0.3, -0.25) is 0 Å². The van der Waals surface area contributed by atoms with Crippen LogP contribution >= 0.6 is 0 Å². The number of hydrogen-bond acceptors (Lipinski definition) is 1. The molecular formula is C34H55N. The summed E-state index contributed by atoms with van der Waals surface area (Å²) in [5.41, 5.74) is 8.55. The van der Waals surface area contributed by atoms with Gasteiger partial charge in [0.1, 0.15) is 0 Å². The van der Waals surface area contributed by atoms with Gasteiger partial charge in [0.15, 0.2) is 0 Å². The van der Waals surface area contributed by atoms with E-state index in [1.165, 1.54) is 140 Å². The van der Waals surface area contributed by atoms with Gasteiger partial charge in [0, 0.05) is 0 Å². The predicted octanol–water partition coefficient (Wildman–Crippen LogP) is 10.1. The van der Waals surface area contributed by atoms with Crippen molar-refractivity contribution in [3.63, 3.8) is 0 Å². The first-order chi connectivity index (χ1) is 17.4. The highest BCUT2D eigenvalue weighted by atomic mass is 14.5. The third-order valence-corrected chi connectivity index (χ3v) is 7.68. The van der Waals surface area contributed by atoms with Crippen LogP contribution in [0.25, 0.3) is 0 Å². The van der Waals surface area contributed by atoms with Crippen LogP contribution in [0.5, 0.6) is 0 Å². The third kappa shape index (κ3) is 16.7. The van der Waals surface area contributed by atoms with Crippen molar-refractivity contribution in [2.45, 2.75) is 128 Å². The lowest BCUT2D eigenvalue weighted by Gasteiger charge is -2.17. The van der Waals surface area contributed by atoms with Gasteiger partial charge < -0.3 is 5.73 Å². The predicted molar refractivity (Wildman–Crippen MR) is 156 cm³/mol. The first-order valence-corrected chi connectivity index (χ1v) is 15.2. The number of aryl methyl sites for hydroxylation is 2. The summed E-state index contributed by atoms with van der Waals surface area (Å²) in [5.74, 6) is 0.857. The molecule has 0 aliphatic rings. The van der Waals surface area contributed by atoms with Gasteiger partial charge in [0.05, 0.1) is 0 Å². The van der Waals surface area contributed by atoms with E-state index in [2.05, 4.69) is 60.7 Å². The standard InChI is InChI=1S/C34H55N/c35-31-21-13-11-9-7-5-3-1-2-4-6-8-10-12-16-26-34(29-27-32-22-17-14-18-23-32)30-28-33-24-19-15-20-25-33/h14-15,17-20,22-25,34H,1-13,16,21,26-31,35H2. The van der Waals surface area contributed by atoms with E-state index in [1.807, 2.05) is 0 Å². The molecule has 196 valence electrons. The largest absolute Gasteiger partial charge is 0.330 e. The van der Waals surface area contributed by atoms with Gasteiger partial charge in [-0.15, -0.1) is 0 Å². The monoisotopic (exact) mass is 477 g/mol. The van der Waals surface area contributed by atoms with Crippen molar-refractivity contribution in [3.8, 4) is 0 Å². The maximum atomic E-state index is 5.55. The second-order valence-corrected chi connectivity index (χ2v) is 10.8. The highest BCUT2D eigenvalue weighted by Gasteiger charge is 2.10. The lowest BCUT2D eigenvalue weighted by molar-refractivity contribution is 0.397. The molecule has 0 saturated carbocycles. The van der Waals surface area contributed by atoms with E-state index in [4.69, 9.17) is 5.73 Å². The molecule has 0 bridgehead atoms. The van der Waals surface area contributed by atoms with Crippen molar-refractivity contribution in [2.24, 2.45) is 11.7 Å². The summed E-state index contributed by atoms with van der Waals surface area (Å²) < 4.78 is 0. The van der Waals surface area contributed by atoms with Gasteiger partial charge in [-0.1, -0.05) is 157 Å². The molecule has 0 radical (unpaired) electrons. The van der Waals surface area contributed by atoms with E-state index in [-0.39, 0.29) is 0 Å². The van der Waals surface area contributed by atoms with Crippen LogP contribution in [0.1, 0.15) is 127 Å². The molecule has 2 rings (SSSR count). The Balaban J connectivity index is 1.47. The van der Waals surface area contributed by atoms with Crippen molar-refractivity contribution >= 4 is 0 Å². The van der Waals surface area contributed by atoms with Crippen LogP contribution in [0.3, 0.4) is 0 Å². The van der Waals surface area contributed by atoms with Gasteiger partial charge in [0.25, 0.3) is 0 Å². The Bertz CT molecular complexity index is 637. The summed E-state index contributed by atoms with van der Waals surface area (Å²) in [4.78, 5) is 0. The first-order valence-electron chi connectivity index (χ1n) is 15.2. The van der Waals surface area contributed by atoms with Gasteiger partial charge in [-0.05, 0) is 55.7 Å². The fourth-order valence-electron chi connectivity index (χ4n) is 5.34. The lowest BCUT2D eigenvalue weighted by atomic mass is 9.88. The topological polar surface area (TPSA) is 26.0 Å². The smallest absolute Gasteiger partial charge is 0.00773 e. The quantitative estimate of drug-likeness (QED) is 0.158. The molecule has 0 fully saturated rings. The van der Waals surface area contributed by atoms with Crippen LogP contribution in [-0.2, 0) is 12.8 Å². The first kappa shape index (κ1) is 29.6. The maximum Gasteiger partial charge on any atom is -0.00773 e. The summed E-state index contributed by atoms with van der Waals surface area (Å²) in [6, 6.07) is 22.1. The van der Waals surface area contributed by atoms with Crippen LogP contribution in [0.4, 0.5) is 0 Å². The van der Waals surface area contributed by atoms with E-state index < -0.39 is 0 Å². The zero-order chi connectivity index (χ0) is 24.7. The molecule has 2 aromatic carbocycles. The molecule has 2 N–H and O–H groups in total. The molecule has 0 aliphatic carbocycles. The van der Waals surface area contributed by atoms with Gasteiger partial charge >= 0.3 is 0 Å². The summed E-state index contributed by atoms with van der Waals surface area (Å²) in [5, 5.41) is 0. The Kier molecular flexibility index (Phi) is 18.3. The minimum atomic E-state index is 0.857. The number of hydrogen-bond donors (Lipinski definition) is 1. The third-order valence-electron chi connectivity index (χ3n) is 7.68. The van der Waals surface area contributed by atoms with Crippen molar-refractivity contribution in [3.05, 3.63) is 71.8 Å².